The SMILES string of the molecule is c1ccc(-c2ccc(-c3ccc4c5cccc6c(-c7ccc(-c8ccccc8)nc7)ccc(c7cccc3c47)c65)cc2)cc1. The van der Waals surface area contributed by atoms with Crippen molar-refractivity contribution in [2.45, 2.75) is 0 Å². The molecule has 8 aromatic carbocycles. The highest BCUT2D eigenvalue weighted by Crippen LogP contribution is 2.45. The van der Waals surface area contributed by atoms with Crippen molar-refractivity contribution in [3.8, 4) is 44.6 Å². The van der Waals surface area contributed by atoms with E-state index in [1.807, 2.05) is 12.3 Å². The number of hydrogen-bond donors (Lipinski definition) is 0. The van der Waals surface area contributed by atoms with Gasteiger partial charge in [0.15, 0.2) is 0 Å². The smallest absolute Gasteiger partial charge is 0.0702 e. The van der Waals surface area contributed by atoms with E-state index in [1.54, 1.807) is 0 Å². The number of aromatic nitrogens is 1. The van der Waals surface area contributed by atoms with E-state index < -0.39 is 0 Å². The molecule has 0 amide bonds. The lowest BCUT2D eigenvalue weighted by atomic mass is 9.85. The van der Waals surface area contributed by atoms with Crippen molar-refractivity contribution in [2.75, 3.05) is 0 Å². The van der Waals surface area contributed by atoms with Gasteiger partial charge in [0, 0.05) is 17.3 Å². The second kappa shape index (κ2) is 9.90. The van der Waals surface area contributed by atoms with Gasteiger partial charge < -0.3 is 0 Å². The molecule has 1 heterocycles. The fraction of sp³-hybridized carbons (Fsp3) is 0. The average Bonchev–Trinajstić information content (AvgIpc) is 3.11. The third-order valence-corrected chi connectivity index (χ3v) is 9.11. The van der Waals surface area contributed by atoms with Crippen LogP contribution in [0.25, 0.3) is 87.7 Å². The van der Waals surface area contributed by atoms with Crippen molar-refractivity contribution in [2.24, 2.45) is 0 Å². The van der Waals surface area contributed by atoms with Crippen molar-refractivity contribution >= 4 is 43.1 Å². The molecular weight excluding hydrogens is 530 g/mol. The lowest BCUT2D eigenvalue weighted by Gasteiger charge is -2.18. The third kappa shape index (κ3) is 3.83. The zero-order valence-electron chi connectivity index (χ0n) is 24.0. The molecule has 9 rings (SSSR count). The van der Waals surface area contributed by atoms with E-state index in [-0.39, 0.29) is 0 Å². The van der Waals surface area contributed by atoms with Crippen LogP contribution >= 0.6 is 0 Å². The van der Waals surface area contributed by atoms with Crippen LogP contribution in [-0.4, -0.2) is 4.98 Å². The Bertz CT molecular complexity index is 2240. The summed E-state index contributed by atoms with van der Waals surface area (Å²) < 4.78 is 0. The van der Waals surface area contributed by atoms with Crippen LogP contribution in [0.5, 0.6) is 0 Å². The molecule has 0 aliphatic heterocycles. The largest absolute Gasteiger partial charge is 0.256 e. The van der Waals surface area contributed by atoms with Gasteiger partial charge in [0.05, 0.1) is 5.69 Å². The summed E-state index contributed by atoms with van der Waals surface area (Å²) in [5.41, 5.74) is 9.44. The molecule has 204 valence electrons. The van der Waals surface area contributed by atoms with Crippen LogP contribution < -0.4 is 0 Å². The van der Waals surface area contributed by atoms with Gasteiger partial charge in [0.2, 0.25) is 0 Å². The summed E-state index contributed by atoms with van der Waals surface area (Å²) in [6.45, 7) is 0. The lowest BCUT2D eigenvalue weighted by molar-refractivity contribution is 1.33. The molecule has 9 aromatic rings. The first-order valence-electron chi connectivity index (χ1n) is 15.1. The van der Waals surface area contributed by atoms with Crippen LogP contribution in [0.2, 0.25) is 0 Å². The molecular formula is C43H27N. The maximum absolute atomic E-state index is 4.84. The Morgan fingerprint density at radius 2 is 0.727 bits per heavy atom. The van der Waals surface area contributed by atoms with Crippen molar-refractivity contribution < 1.29 is 0 Å². The summed E-state index contributed by atoms with van der Waals surface area (Å²) in [6, 6.07) is 57.0. The predicted octanol–water partition coefficient (Wildman–Crippen LogP) is 11.8. The zero-order valence-corrected chi connectivity index (χ0v) is 24.0. The number of benzene rings is 8. The molecule has 0 radical (unpaired) electrons. The molecule has 0 saturated heterocycles. The molecule has 1 heteroatoms. The molecule has 1 aromatic heterocycles. The number of rotatable bonds is 4. The molecule has 0 bridgehead atoms. The van der Waals surface area contributed by atoms with E-state index in [0.29, 0.717) is 0 Å². The van der Waals surface area contributed by atoms with Gasteiger partial charge >= 0.3 is 0 Å². The minimum Gasteiger partial charge on any atom is -0.256 e. The topological polar surface area (TPSA) is 12.9 Å². The monoisotopic (exact) mass is 557 g/mol. The Labute approximate surface area is 256 Å². The van der Waals surface area contributed by atoms with E-state index in [9.17, 15) is 0 Å². The van der Waals surface area contributed by atoms with Crippen LogP contribution in [0.15, 0.2) is 164 Å². The molecule has 0 atom stereocenters. The van der Waals surface area contributed by atoms with Gasteiger partial charge in [-0.05, 0) is 77.0 Å². The highest BCUT2D eigenvalue weighted by Gasteiger charge is 2.17. The molecule has 1 nitrogen and oxygen atoms in total. The maximum Gasteiger partial charge on any atom is 0.0702 e. The molecule has 44 heavy (non-hydrogen) atoms. The van der Waals surface area contributed by atoms with Gasteiger partial charge in [-0.1, -0.05) is 152 Å². The van der Waals surface area contributed by atoms with Gasteiger partial charge in [-0.2, -0.15) is 0 Å². The van der Waals surface area contributed by atoms with Crippen LogP contribution in [0.4, 0.5) is 0 Å². The summed E-state index contributed by atoms with van der Waals surface area (Å²) in [4.78, 5) is 4.84. The maximum atomic E-state index is 4.84. The second-order valence-electron chi connectivity index (χ2n) is 11.5. The standard InChI is InChI=1S/C43H27N/c1-3-9-28(10-4-1)29-17-19-30(20-18-29)33-22-24-39-38-16-8-14-36-34(32-21-26-41(44-27-32)31-11-5-2-6-12-31)23-25-40(43(36)38)37-15-7-13-35(33)42(37)39/h1-27H. The van der Waals surface area contributed by atoms with Crippen LogP contribution in [-0.2, 0) is 0 Å². The van der Waals surface area contributed by atoms with Crippen LogP contribution in [0, 0.1) is 0 Å². The first kappa shape index (κ1) is 24.8. The third-order valence-electron chi connectivity index (χ3n) is 9.11. The summed E-state index contributed by atoms with van der Waals surface area (Å²) >= 11 is 0. The number of hydrogen-bond acceptors (Lipinski definition) is 1. The van der Waals surface area contributed by atoms with E-state index in [4.69, 9.17) is 4.98 Å². The fourth-order valence-electron chi connectivity index (χ4n) is 7.02. The van der Waals surface area contributed by atoms with Gasteiger partial charge in [-0.3, -0.25) is 4.98 Å². The average molecular weight is 558 g/mol. The molecule has 0 aliphatic rings. The Morgan fingerprint density at radius 1 is 0.273 bits per heavy atom. The van der Waals surface area contributed by atoms with E-state index in [1.165, 1.54) is 70.9 Å². The van der Waals surface area contributed by atoms with E-state index in [0.717, 1.165) is 16.8 Å². The fourth-order valence-corrected chi connectivity index (χ4v) is 7.02. The van der Waals surface area contributed by atoms with Crippen molar-refractivity contribution in [3.05, 3.63) is 164 Å². The normalized spacial score (nSPS) is 11.6. The van der Waals surface area contributed by atoms with Gasteiger partial charge in [-0.15, -0.1) is 0 Å². The van der Waals surface area contributed by atoms with Gasteiger partial charge in [0.1, 0.15) is 0 Å². The minimum atomic E-state index is 0.989. The Morgan fingerprint density at radius 3 is 1.30 bits per heavy atom. The van der Waals surface area contributed by atoms with Crippen LogP contribution in [0.3, 0.4) is 0 Å². The molecule has 0 fully saturated rings. The summed E-state index contributed by atoms with van der Waals surface area (Å²) in [6.07, 6.45) is 2.01. The quantitative estimate of drug-likeness (QED) is 0.155. The van der Waals surface area contributed by atoms with E-state index in [2.05, 4.69) is 152 Å². The van der Waals surface area contributed by atoms with Crippen molar-refractivity contribution in [1.82, 2.24) is 4.98 Å². The number of fused-ring (bicyclic) bond motifs is 2. The van der Waals surface area contributed by atoms with Gasteiger partial charge in [-0.25, -0.2) is 0 Å². The molecule has 0 N–H and O–H groups in total. The Balaban J connectivity index is 1.21. The van der Waals surface area contributed by atoms with Gasteiger partial charge in [0.25, 0.3) is 0 Å². The van der Waals surface area contributed by atoms with E-state index >= 15 is 0 Å². The molecule has 0 aliphatic carbocycles. The molecule has 0 saturated carbocycles. The van der Waals surface area contributed by atoms with Crippen LogP contribution in [0.1, 0.15) is 0 Å². The number of pyridine rings is 1. The number of nitrogens with zero attached hydrogens (tertiary/aromatic N) is 1. The highest BCUT2D eigenvalue weighted by atomic mass is 14.7. The predicted molar refractivity (Wildman–Crippen MR) is 187 cm³/mol. The van der Waals surface area contributed by atoms with Crippen molar-refractivity contribution in [1.29, 1.82) is 0 Å². The molecule has 0 unspecified atom stereocenters. The highest BCUT2D eigenvalue weighted by molar-refractivity contribution is 6.35. The Hall–Kier alpha value is -5.79. The summed E-state index contributed by atoms with van der Waals surface area (Å²) in [5, 5.41) is 10.4. The first-order valence-corrected chi connectivity index (χ1v) is 15.1. The molecule has 0 spiro atoms. The Kier molecular flexibility index (Phi) is 5.57. The minimum absolute atomic E-state index is 0.989. The second-order valence-corrected chi connectivity index (χ2v) is 11.5. The first-order chi connectivity index (χ1) is 21.8. The summed E-state index contributed by atoms with van der Waals surface area (Å²) in [7, 11) is 0. The summed E-state index contributed by atoms with van der Waals surface area (Å²) in [5.74, 6) is 0. The zero-order chi connectivity index (χ0) is 29.0. The lowest BCUT2D eigenvalue weighted by Crippen LogP contribution is -1.91. The van der Waals surface area contributed by atoms with Crippen molar-refractivity contribution in [3.63, 3.8) is 0 Å².